The van der Waals surface area contributed by atoms with Gasteiger partial charge in [0.25, 0.3) is 5.69 Å². The zero-order valence-corrected chi connectivity index (χ0v) is 13.0. The van der Waals surface area contributed by atoms with Gasteiger partial charge in [-0.25, -0.2) is 4.68 Å². The van der Waals surface area contributed by atoms with Gasteiger partial charge < -0.3 is 10.5 Å². The van der Waals surface area contributed by atoms with Crippen molar-refractivity contribution in [1.29, 1.82) is 0 Å². The van der Waals surface area contributed by atoms with Crippen molar-refractivity contribution >= 4 is 17.4 Å². The number of phenolic OH excluding ortho intramolecular Hbond substituents is 1. The van der Waals surface area contributed by atoms with Crippen molar-refractivity contribution in [3.05, 3.63) is 64.2 Å². The number of non-ortho nitro benzene ring substituents is 1. The Kier molecular flexibility index (Phi) is 3.35. The molecule has 24 heavy (non-hydrogen) atoms. The van der Waals surface area contributed by atoms with Crippen LogP contribution in [0.25, 0.3) is 11.4 Å². The third-order valence-electron chi connectivity index (χ3n) is 3.64. The minimum absolute atomic E-state index is 0.00671. The van der Waals surface area contributed by atoms with Crippen molar-refractivity contribution < 1.29 is 10.0 Å². The lowest BCUT2D eigenvalue weighted by molar-refractivity contribution is -0.384. The molecule has 0 radical (unpaired) electrons. The number of aromatic nitrogens is 3. The topological polar surface area (TPSA) is 106 Å². The Balaban J connectivity index is 1.69. The van der Waals surface area contributed by atoms with Gasteiger partial charge in [0.1, 0.15) is 11.1 Å². The van der Waals surface area contributed by atoms with Gasteiger partial charge in [-0.05, 0) is 6.07 Å². The van der Waals surface area contributed by atoms with Crippen molar-refractivity contribution in [1.82, 2.24) is 14.9 Å². The Morgan fingerprint density at radius 2 is 2.04 bits per heavy atom. The maximum Gasteiger partial charge on any atom is 0.270 e. The van der Waals surface area contributed by atoms with Crippen molar-refractivity contribution in [3.8, 4) is 17.1 Å². The lowest BCUT2D eigenvalue weighted by Gasteiger charge is -2.13. The third kappa shape index (κ3) is 2.35. The van der Waals surface area contributed by atoms with Gasteiger partial charge in [0.15, 0.2) is 5.82 Å². The highest BCUT2D eigenvalue weighted by molar-refractivity contribution is 7.99. The van der Waals surface area contributed by atoms with Crippen molar-refractivity contribution in [2.45, 2.75) is 10.5 Å². The summed E-state index contributed by atoms with van der Waals surface area (Å²) in [4.78, 5) is 10.5. The largest absolute Gasteiger partial charge is 0.508 e. The molecule has 0 aliphatic carbocycles. The molecule has 0 fully saturated rings. The van der Waals surface area contributed by atoms with E-state index in [1.54, 1.807) is 28.9 Å². The molecule has 4 rings (SSSR count). The molecular weight excluding hydrogens is 330 g/mol. The summed E-state index contributed by atoms with van der Waals surface area (Å²) in [5.41, 5.74) is 4.53. The van der Waals surface area contributed by atoms with Crippen LogP contribution in [0, 0.1) is 10.1 Å². The Hall–Kier alpha value is -3.07. The molecule has 120 valence electrons. The van der Waals surface area contributed by atoms with Crippen LogP contribution in [0.1, 0.15) is 10.9 Å². The first kappa shape index (κ1) is 14.5. The molecule has 0 bridgehead atoms. The van der Waals surface area contributed by atoms with Gasteiger partial charge in [0.2, 0.25) is 5.16 Å². The summed E-state index contributed by atoms with van der Waals surface area (Å²) in [6, 6.07) is 13.3. The highest BCUT2D eigenvalue weighted by atomic mass is 32.2. The number of nitro benzene ring substituents is 1. The molecule has 1 atom stereocenters. The summed E-state index contributed by atoms with van der Waals surface area (Å²) in [6.07, 6.45) is 0. The number of para-hydroxylation sites is 1. The van der Waals surface area contributed by atoms with Crippen LogP contribution in [0.3, 0.4) is 0 Å². The monoisotopic (exact) mass is 341 g/mol. The van der Waals surface area contributed by atoms with Gasteiger partial charge >= 0.3 is 0 Å². The smallest absolute Gasteiger partial charge is 0.270 e. The van der Waals surface area contributed by atoms with E-state index in [2.05, 4.69) is 15.6 Å². The van der Waals surface area contributed by atoms with Gasteiger partial charge in [-0.15, -0.1) is 10.2 Å². The normalized spacial score (nSPS) is 15.8. The Bertz CT molecular complexity index is 942. The number of aromatic hydroxyl groups is 1. The van der Waals surface area contributed by atoms with Gasteiger partial charge in [0, 0.05) is 23.3 Å². The fourth-order valence-electron chi connectivity index (χ4n) is 2.50. The quantitative estimate of drug-likeness (QED) is 0.557. The van der Waals surface area contributed by atoms with Crippen molar-refractivity contribution in [2.75, 3.05) is 5.43 Å². The number of hydrogen-bond donors (Lipinski definition) is 2. The molecule has 2 heterocycles. The number of nitro groups is 1. The van der Waals surface area contributed by atoms with Crippen LogP contribution in [0.4, 0.5) is 5.69 Å². The average molecular weight is 341 g/mol. The Labute approximate surface area is 140 Å². The summed E-state index contributed by atoms with van der Waals surface area (Å²) in [7, 11) is 0. The molecule has 1 aliphatic heterocycles. The molecule has 0 amide bonds. The molecular formula is C15H11N5O3S. The molecule has 9 heteroatoms. The summed E-state index contributed by atoms with van der Waals surface area (Å²) < 4.78 is 1.68. The van der Waals surface area contributed by atoms with Crippen LogP contribution in [-0.4, -0.2) is 24.9 Å². The molecule has 3 aromatic rings. The van der Waals surface area contributed by atoms with E-state index in [-0.39, 0.29) is 16.8 Å². The summed E-state index contributed by atoms with van der Waals surface area (Å²) in [5, 5.41) is 29.6. The highest BCUT2D eigenvalue weighted by Crippen LogP contribution is 2.42. The van der Waals surface area contributed by atoms with E-state index in [0.29, 0.717) is 16.5 Å². The first-order valence-electron chi connectivity index (χ1n) is 7.05. The zero-order chi connectivity index (χ0) is 16.7. The van der Waals surface area contributed by atoms with Gasteiger partial charge in [0.05, 0.1) is 4.92 Å². The fraction of sp³-hybridized carbons (Fsp3) is 0.0667. The van der Waals surface area contributed by atoms with Gasteiger partial charge in [-0.1, -0.05) is 42.1 Å². The summed E-state index contributed by atoms with van der Waals surface area (Å²) >= 11 is 1.41. The third-order valence-corrected chi connectivity index (χ3v) is 4.71. The van der Waals surface area contributed by atoms with E-state index in [1.165, 1.54) is 23.9 Å². The molecule has 1 aromatic heterocycles. The Morgan fingerprint density at radius 1 is 1.21 bits per heavy atom. The van der Waals surface area contributed by atoms with E-state index < -0.39 is 4.92 Å². The first-order chi connectivity index (χ1) is 11.6. The number of hydrogen-bond acceptors (Lipinski definition) is 7. The zero-order valence-electron chi connectivity index (χ0n) is 12.2. The second-order valence-electron chi connectivity index (χ2n) is 5.13. The number of phenols is 1. The second-order valence-corrected chi connectivity index (χ2v) is 6.21. The first-order valence-corrected chi connectivity index (χ1v) is 7.93. The van der Waals surface area contributed by atoms with Crippen LogP contribution in [0.5, 0.6) is 5.75 Å². The lowest BCUT2D eigenvalue weighted by Crippen LogP contribution is -2.13. The highest BCUT2D eigenvalue weighted by Gasteiger charge is 2.29. The fourth-order valence-corrected chi connectivity index (χ4v) is 3.53. The number of rotatable bonds is 3. The number of thioether (sulfide) groups is 1. The molecule has 2 N–H and O–H groups in total. The summed E-state index contributed by atoms with van der Waals surface area (Å²) in [6.45, 7) is 0. The number of nitrogens with one attached hydrogen (secondary N) is 1. The predicted octanol–water partition coefficient (Wildman–Crippen LogP) is 2.91. The van der Waals surface area contributed by atoms with E-state index >= 15 is 0 Å². The predicted molar refractivity (Wildman–Crippen MR) is 88.2 cm³/mol. The summed E-state index contributed by atoms with van der Waals surface area (Å²) in [5.74, 6) is 0.678. The maximum atomic E-state index is 10.9. The number of benzene rings is 2. The lowest BCUT2D eigenvalue weighted by atomic mass is 10.2. The molecule has 2 aromatic carbocycles. The van der Waals surface area contributed by atoms with Crippen molar-refractivity contribution in [3.63, 3.8) is 0 Å². The number of nitrogens with zero attached hydrogens (tertiary/aromatic N) is 4. The van der Waals surface area contributed by atoms with Crippen LogP contribution < -0.4 is 5.43 Å². The minimum Gasteiger partial charge on any atom is -0.508 e. The molecule has 0 spiro atoms. The van der Waals surface area contributed by atoms with Crippen LogP contribution in [0.15, 0.2) is 53.7 Å². The molecule has 8 nitrogen and oxygen atoms in total. The maximum absolute atomic E-state index is 10.9. The van der Waals surface area contributed by atoms with E-state index in [1.807, 2.05) is 12.1 Å². The van der Waals surface area contributed by atoms with Crippen LogP contribution in [-0.2, 0) is 0 Å². The van der Waals surface area contributed by atoms with Gasteiger partial charge in [-0.2, -0.15) is 0 Å². The van der Waals surface area contributed by atoms with E-state index in [0.717, 1.165) is 5.56 Å². The average Bonchev–Trinajstić information content (AvgIpc) is 3.15. The van der Waals surface area contributed by atoms with Crippen LogP contribution in [0.2, 0.25) is 0 Å². The van der Waals surface area contributed by atoms with Crippen LogP contribution >= 0.6 is 11.8 Å². The Morgan fingerprint density at radius 3 is 2.83 bits per heavy atom. The molecule has 0 unspecified atom stereocenters. The van der Waals surface area contributed by atoms with E-state index in [4.69, 9.17) is 0 Å². The SMILES string of the molecule is O=[N+]([O-])c1cccc(-c2nnc3n2N[C@@H](c2ccccc2O)S3)c1. The van der Waals surface area contributed by atoms with E-state index in [9.17, 15) is 15.2 Å². The standard InChI is InChI=1S/C15H11N5O3S/c21-12-7-2-1-6-11(12)14-18-19-13(16-17-15(19)24-14)9-4-3-5-10(8-9)20(22)23/h1-8,14,18,21H/t14-/m1/s1. The molecule has 1 aliphatic rings. The second kappa shape index (κ2) is 5.53. The molecule has 0 saturated heterocycles. The van der Waals surface area contributed by atoms with Gasteiger partial charge in [-0.3, -0.25) is 10.1 Å². The van der Waals surface area contributed by atoms with Crippen molar-refractivity contribution in [2.24, 2.45) is 0 Å². The number of fused-ring (bicyclic) bond motifs is 1. The molecule has 0 saturated carbocycles. The minimum atomic E-state index is -0.447.